The van der Waals surface area contributed by atoms with Crippen LogP contribution in [0.4, 0.5) is 0 Å². The molecule has 182 valence electrons. The Morgan fingerprint density at radius 3 is 2.22 bits per heavy atom. The van der Waals surface area contributed by atoms with Crippen LogP contribution >= 0.6 is 0 Å². The summed E-state index contributed by atoms with van der Waals surface area (Å²) in [6.07, 6.45) is 8.18. The van der Waals surface area contributed by atoms with Crippen LogP contribution in [0, 0.1) is 11.3 Å². The van der Waals surface area contributed by atoms with Crippen molar-refractivity contribution in [2.24, 2.45) is 14.1 Å². The van der Waals surface area contributed by atoms with Crippen LogP contribution in [0.25, 0.3) is 44.7 Å². The Balaban J connectivity index is 1.71. The first kappa shape index (κ1) is 22.2. The molecular weight excluding hydrogens is 460 g/mol. The highest BCUT2D eigenvalue weighted by Gasteiger charge is 2.31. The molecule has 1 aliphatic rings. The molecule has 5 aromatic heterocycles. The molecule has 2 atom stereocenters. The molecule has 11 heteroatoms. The number of rotatable bonds is 3. The molecular formula is C25H24N8O3. The van der Waals surface area contributed by atoms with E-state index in [9.17, 15) is 10.1 Å². The largest absolute Gasteiger partial charge is 0.450 e. The van der Waals surface area contributed by atoms with Crippen LogP contribution in [0.1, 0.15) is 38.3 Å². The quantitative estimate of drug-likeness (QED) is 0.381. The first-order valence-electron chi connectivity index (χ1n) is 11.8. The number of nitriles is 1. The lowest BCUT2D eigenvalue weighted by Gasteiger charge is -2.33. The Morgan fingerprint density at radius 2 is 1.64 bits per heavy atom. The molecule has 0 radical (unpaired) electrons. The molecule has 6 rings (SSSR count). The van der Waals surface area contributed by atoms with Crippen molar-refractivity contribution in [2.75, 3.05) is 0 Å². The molecule has 0 N–H and O–H groups in total. The fourth-order valence-corrected chi connectivity index (χ4v) is 5.20. The van der Waals surface area contributed by atoms with E-state index in [2.05, 4.69) is 21.3 Å². The highest BCUT2D eigenvalue weighted by molar-refractivity contribution is 6.05. The first-order valence-corrected chi connectivity index (χ1v) is 11.8. The molecule has 0 aromatic carbocycles. The number of pyridine rings is 1. The molecule has 1 saturated heterocycles. The first-order chi connectivity index (χ1) is 17.3. The summed E-state index contributed by atoms with van der Waals surface area (Å²) < 4.78 is 17.2. The van der Waals surface area contributed by atoms with E-state index < -0.39 is 0 Å². The Hall–Kier alpha value is -4.30. The van der Waals surface area contributed by atoms with Gasteiger partial charge in [-0.05, 0) is 26.7 Å². The van der Waals surface area contributed by atoms with Crippen LogP contribution < -0.4 is 5.69 Å². The van der Waals surface area contributed by atoms with Gasteiger partial charge in [0.2, 0.25) is 0 Å². The van der Waals surface area contributed by atoms with Crippen LogP contribution in [0.2, 0.25) is 0 Å². The van der Waals surface area contributed by atoms with Gasteiger partial charge < -0.3 is 9.15 Å². The molecule has 1 aliphatic heterocycles. The van der Waals surface area contributed by atoms with Crippen LogP contribution in [-0.4, -0.2) is 46.3 Å². The second kappa shape index (κ2) is 8.13. The van der Waals surface area contributed by atoms with Crippen molar-refractivity contribution in [3.8, 4) is 28.6 Å². The lowest BCUT2D eigenvalue weighted by atomic mass is 9.99. The van der Waals surface area contributed by atoms with E-state index in [1.807, 2.05) is 13.8 Å². The van der Waals surface area contributed by atoms with Crippen LogP contribution in [0.15, 0.2) is 40.1 Å². The van der Waals surface area contributed by atoms with E-state index in [-0.39, 0.29) is 23.9 Å². The highest BCUT2D eigenvalue weighted by atomic mass is 16.5. The SMILES string of the molecule is CC1CC(n2c(=O)nc(-c3cnn(C)c3)c3oc4cc(C#N)c(-c5cnn(C)c5)nc4c32)CC(C)O1. The van der Waals surface area contributed by atoms with Gasteiger partial charge in [0.05, 0.1) is 35.9 Å². The molecule has 0 spiro atoms. The smallest absolute Gasteiger partial charge is 0.349 e. The molecule has 1 fully saturated rings. The maximum absolute atomic E-state index is 13.6. The topological polar surface area (TPSA) is 130 Å². The van der Waals surface area contributed by atoms with Crippen LogP contribution in [0.3, 0.4) is 0 Å². The van der Waals surface area contributed by atoms with E-state index in [1.165, 1.54) is 0 Å². The predicted molar refractivity (Wildman–Crippen MR) is 131 cm³/mol. The van der Waals surface area contributed by atoms with Gasteiger partial charge in [0.25, 0.3) is 0 Å². The minimum absolute atomic E-state index is 0.0130. The van der Waals surface area contributed by atoms with Gasteiger partial charge in [0.15, 0.2) is 11.2 Å². The van der Waals surface area contributed by atoms with Gasteiger partial charge in [0.1, 0.15) is 22.8 Å². The zero-order valence-corrected chi connectivity index (χ0v) is 20.3. The molecule has 0 bridgehead atoms. The van der Waals surface area contributed by atoms with E-state index in [0.717, 1.165) is 0 Å². The molecule has 0 aliphatic carbocycles. The zero-order valence-electron chi connectivity index (χ0n) is 20.3. The number of aromatic nitrogens is 7. The lowest BCUT2D eigenvalue weighted by molar-refractivity contribution is -0.0486. The van der Waals surface area contributed by atoms with E-state index in [1.54, 1.807) is 58.9 Å². The number of ether oxygens (including phenoxy) is 1. The third-order valence-electron chi connectivity index (χ3n) is 6.62. The van der Waals surface area contributed by atoms with Crippen molar-refractivity contribution in [3.63, 3.8) is 0 Å². The Kier molecular flexibility index (Phi) is 5.01. The number of hydrogen-bond acceptors (Lipinski definition) is 8. The zero-order chi connectivity index (χ0) is 25.1. The number of nitrogens with zero attached hydrogens (tertiary/aromatic N) is 8. The third kappa shape index (κ3) is 3.49. The van der Waals surface area contributed by atoms with Gasteiger partial charge in [-0.2, -0.15) is 20.4 Å². The maximum Gasteiger partial charge on any atom is 0.349 e. The van der Waals surface area contributed by atoms with E-state index in [0.29, 0.717) is 63.1 Å². The van der Waals surface area contributed by atoms with Gasteiger partial charge in [-0.15, -0.1) is 0 Å². The summed E-state index contributed by atoms with van der Waals surface area (Å²) in [6.45, 7) is 4.02. The van der Waals surface area contributed by atoms with Crippen molar-refractivity contribution in [3.05, 3.63) is 46.9 Å². The lowest BCUT2D eigenvalue weighted by Crippen LogP contribution is -2.36. The molecule has 0 saturated carbocycles. The van der Waals surface area contributed by atoms with E-state index >= 15 is 0 Å². The predicted octanol–water partition coefficient (Wildman–Crippen LogP) is 3.34. The molecule has 5 aromatic rings. The van der Waals surface area contributed by atoms with E-state index in [4.69, 9.17) is 14.1 Å². The Morgan fingerprint density at radius 1 is 1.00 bits per heavy atom. The van der Waals surface area contributed by atoms with Crippen molar-refractivity contribution in [1.29, 1.82) is 5.26 Å². The second-order valence-electron chi connectivity index (χ2n) is 9.42. The fraction of sp³-hybridized carbons (Fsp3) is 0.360. The summed E-state index contributed by atoms with van der Waals surface area (Å²) >= 11 is 0. The van der Waals surface area contributed by atoms with Crippen LogP contribution in [0.5, 0.6) is 0 Å². The molecule has 0 amide bonds. The molecule has 36 heavy (non-hydrogen) atoms. The highest BCUT2D eigenvalue weighted by Crippen LogP contribution is 2.38. The van der Waals surface area contributed by atoms with Gasteiger partial charge in [-0.25, -0.2) is 9.78 Å². The average Bonchev–Trinajstić information content (AvgIpc) is 3.55. The van der Waals surface area contributed by atoms with Crippen molar-refractivity contribution in [1.82, 2.24) is 34.1 Å². The minimum atomic E-state index is -0.385. The maximum atomic E-state index is 13.6. The van der Waals surface area contributed by atoms with Gasteiger partial charge in [-0.3, -0.25) is 13.9 Å². The summed E-state index contributed by atoms with van der Waals surface area (Å²) in [5.74, 6) is 0. The Bertz CT molecular complexity index is 1720. The minimum Gasteiger partial charge on any atom is -0.450 e. The van der Waals surface area contributed by atoms with Crippen molar-refractivity contribution in [2.45, 2.75) is 44.9 Å². The Labute approximate surface area is 205 Å². The standard InChI is InChI=1S/C25H24N8O3/c1-13-5-18(6-14(2)35-13)33-23-22-19(7-15(8-26)20(29-22)16-9-27-31(3)11-16)36-24(23)21(30-25(33)34)17-10-28-32(4)12-17/h7,9-14,18H,5-6H2,1-4H3. The molecule has 2 unspecified atom stereocenters. The van der Waals surface area contributed by atoms with Gasteiger partial charge >= 0.3 is 5.69 Å². The number of hydrogen-bond donors (Lipinski definition) is 0. The van der Waals surface area contributed by atoms with Gasteiger partial charge in [0, 0.05) is 49.7 Å². The molecule has 6 heterocycles. The normalized spacial score (nSPS) is 20.2. The molecule has 11 nitrogen and oxygen atoms in total. The number of furan rings is 1. The summed E-state index contributed by atoms with van der Waals surface area (Å²) in [6, 6.07) is 3.74. The monoisotopic (exact) mass is 484 g/mol. The average molecular weight is 485 g/mol. The number of fused-ring (bicyclic) bond motifs is 3. The van der Waals surface area contributed by atoms with Crippen LogP contribution in [-0.2, 0) is 18.8 Å². The summed E-state index contributed by atoms with van der Waals surface area (Å²) in [7, 11) is 3.60. The van der Waals surface area contributed by atoms with Gasteiger partial charge in [-0.1, -0.05) is 0 Å². The summed E-state index contributed by atoms with van der Waals surface area (Å²) in [5.41, 5.74) is 4.11. The van der Waals surface area contributed by atoms with Crippen molar-refractivity contribution >= 4 is 22.2 Å². The number of aryl methyl sites for hydroxylation is 2. The summed E-state index contributed by atoms with van der Waals surface area (Å²) in [4.78, 5) is 22.9. The third-order valence-corrected chi connectivity index (χ3v) is 6.62. The second-order valence-corrected chi connectivity index (χ2v) is 9.42. The van der Waals surface area contributed by atoms with Crippen molar-refractivity contribution < 1.29 is 9.15 Å². The fourth-order valence-electron chi connectivity index (χ4n) is 5.20. The summed E-state index contributed by atoms with van der Waals surface area (Å²) in [5, 5.41) is 18.3.